The second kappa shape index (κ2) is 8.46. The normalized spacial score (nSPS) is 21.7. The van der Waals surface area contributed by atoms with Crippen molar-refractivity contribution in [1.82, 2.24) is 4.90 Å². The smallest absolute Gasteiger partial charge is 0.285 e. The fraction of sp³-hybridized carbons (Fsp3) is 0.348. The van der Waals surface area contributed by atoms with Crippen molar-refractivity contribution < 1.29 is 18.0 Å². The Morgan fingerprint density at radius 1 is 1.12 bits per heavy atom. The second-order valence-corrected chi connectivity index (χ2v) is 10.5. The molecule has 3 aliphatic heterocycles. The molecule has 3 heterocycles. The number of sulfonamides is 1. The summed E-state index contributed by atoms with van der Waals surface area (Å²) in [5, 5.41) is 3.33. The number of hydrogen-bond donors (Lipinski definition) is 1. The van der Waals surface area contributed by atoms with E-state index in [4.69, 9.17) is 11.6 Å². The summed E-state index contributed by atoms with van der Waals surface area (Å²) >= 11 is 6.40. The molecule has 33 heavy (non-hydrogen) atoms. The Labute approximate surface area is 197 Å². The van der Waals surface area contributed by atoms with Gasteiger partial charge < -0.3 is 15.1 Å². The summed E-state index contributed by atoms with van der Waals surface area (Å²) in [4.78, 5) is 28.8. The highest BCUT2D eigenvalue weighted by Crippen LogP contribution is 2.33. The summed E-state index contributed by atoms with van der Waals surface area (Å²) in [6.45, 7) is 1.66. The molecule has 1 N–H and O–H groups in total. The lowest BCUT2D eigenvalue weighted by Gasteiger charge is -2.33. The van der Waals surface area contributed by atoms with E-state index in [1.807, 2.05) is 4.90 Å². The zero-order chi connectivity index (χ0) is 23.2. The van der Waals surface area contributed by atoms with Gasteiger partial charge in [0.1, 0.15) is 4.90 Å². The van der Waals surface area contributed by atoms with Crippen LogP contribution >= 0.6 is 11.6 Å². The van der Waals surface area contributed by atoms with E-state index in [0.717, 1.165) is 12.8 Å². The first kappa shape index (κ1) is 21.9. The SMILES string of the molecule is O=C(Nc1ccc(N2CCCC2=O)c(Cl)c1)C1CCCN(C2=NS(=O)(=O)c3ccccc32)C1. The Hall–Kier alpha value is -2.91. The Bertz CT molecular complexity index is 1280. The quantitative estimate of drug-likeness (QED) is 0.717. The fourth-order valence-corrected chi connectivity index (χ4v) is 6.16. The van der Waals surface area contributed by atoms with Gasteiger partial charge in [0.2, 0.25) is 11.8 Å². The van der Waals surface area contributed by atoms with Crippen LogP contribution in [0.2, 0.25) is 5.02 Å². The van der Waals surface area contributed by atoms with Crippen molar-refractivity contribution in [3.05, 3.63) is 53.1 Å². The monoisotopic (exact) mass is 486 g/mol. The summed E-state index contributed by atoms with van der Waals surface area (Å²) in [6.07, 6.45) is 2.77. The average Bonchev–Trinajstić information content (AvgIpc) is 3.34. The van der Waals surface area contributed by atoms with Crippen molar-refractivity contribution in [3.63, 3.8) is 0 Å². The number of amidine groups is 1. The minimum atomic E-state index is -3.71. The Morgan fingerprint density at radius 3 is 2.70 bits per heavy atom. The van der Waals surface area contributed by atoms with E-state index in [-0.39, 0.29) is 22.6 Å². The Morgan fingerprint density at radius 2 is 1.94 bits per heavy atom. The van der Waals surface area contributed by atoms with Gasteiger partial charge in [0, 0.05) is 37.3 Å². The van der Waals surface area contributed by atoms with Crippen LogP contribution in [0.25, 0.3) is 0 Å². The second-order valence-electron chi connectivity index (χ2n) is 8.48. The van der Waals surface area contributed by atoms with E-state index < -0.39 is 10.0 Å². The molecule has 0 bridgehead atoms. The highest BCUT2D eigenvalue weighted by atomic mass is 35.5. The first-order valence-corrected chi connectivity index (χ1v) is 12.8. The molecule has 0 aliphatic carbocycles. The van der Waals surface area contributed by atoms with Crippen LogP contribution in [0.4, 0.5) is 11.4 Å². The van der Waals surface area contributed by atoms with E-state index >= 15 is 0 Å². The molecule has 3 aliphatic rings. The van der Waals surface area contributed by atoms with Crippen molar-refractivity contribution >= 4 is 50.6 Å². The van der Waals surface area contributed by atoms with Gasteiger partial charge in [-0.3, -0.25) is 9.59 Å². The Balaban J connectivity index is 1.29. The number of likely N-dealkylation sites (tertiary alicyclic amines) is 1. The van der Waals surface area contributed by atoms with Gasteiger partial charge in [-0.2, -0.15) is 8.42 Å². The van der Waals surface area contributed by atoms with Crippen LogP contribution in [0.15, 0.2) is 51.8 Å². The van der Waals surface area contributed by atoms with Gasteiger partial charge in [-0.15, -0.1) is 4.40 Å². The predicted octanol–water partition coefficient (Wildman–Crippen LogP) is 3.27. The molecule has 0 aromatic heterocycles. The molecule has 0 saturated carbocycles. The maximum absolute atomic E-state index is 13.0. The summed E-state index contributed by atoms with van der Waals surface area (Å²) < 4.78 is 28.8. The molecule has 2 aromatic rings. The first-order valence-electron chi connectivity index (χ1n) is 10.9. The van der Waals surface area contributed by atoms with Gasteiger partial charge in [-0.25, -0.2) is 0 Å². The van der Waals surface area contributed by atoms with Crippen LogP contribution in [0.5, 0.6) is 0 Å². The number of piperidine rings is 1. The highest BCUT2D eigenvalue weighted by molar-refractivity contribution is 7.90. The molecule has 2 amide bonds. The molecule has 10 heteroatoms. The number of carbonyl (C=O) groups excluding carboxylic acids is 2. The molecule has 2 aromatic carbocycles. The van der Waals surface area contributed by atoms with E-state index in [1.165, 1.54) is 0 Å². The lowest BCUT2D eigenvalue weighted by Crippen LogP contribution is -2.43. The summed E-state index contributed by atoms with van der Waals surface area (Å²) in [6, 6.07) is 11.9. The molecule has 5 rings (SSSR count). The molecular formula is C23H23ClN4O4S. The zero-order valence-electron chi connectivity index (χ0n) is 17.8. The van der Waals surface area contributed by atoms with Crippen molar-refractivity contribution in [1.29, 1.82) is 0 Å². The van der Waals surface area contributed by atoms with Crippen molar-refractivity contribution in [2.75, 3.05) is 29.9 Å². The maximum atomic E-state index is 13.0. The number of hydrogen-bond acceptors (Lipinski definition) is 5. The van der Waals surface area contributed by atoms with E-state index in [2.05, 4.69) is 9.71 Å². The van der Waals surface area contributed by atoms with Crippen LogP contribution < -0.4 is 10.2 Å². The number of nitrogens with one attached hydrogen (secondary N) is 1. The van der Waals surface area contributed by atoms with Crippen molar-refractivity contribution in [2.24, 2.45) is 10.3 Å². The molecule has 0 spiro atoms. The molecule has 1 unspecified atom stereocenters. The van der Waals surface area contributed by atoms with E-state index in [0.29, 0.717) is 60.3 Å². The van der Waals surface area contributed by atoms with Crippen molar-refractivity contribution in [3.8, 4) is 0 Å². The van der Waals surface area contributed by atoms with Crippen LogP contribution in [0.1, 0.15) is 31.2 Å². The maximum Gasteiger partial charge on any atom is 0.285 e. The van der Waals surface area contributed by atoms with Crippen LogP contribution in [0.3, 0.4) is 0 Å². The third kappa shape index (κ3) is 4.11. The van der Waals surface area contributed by atoms with Crippen molar-refractivity contribution in [2.45, 2.75) is 30.6 Å². The number of amides is 2. The molecule has 2 fully saturated rings. The van der Waals surface area contributed by atoms with E-state index in [9.17, 15) is 18.0 Å². The lowest BCUT2D eigenvalue weighted by atomic mass is 9.96. The molecule has 2 saturated heterocycles. The van der Waals surface area contributed by atoms with Crippen LogP contribution in [-0.2, 0) is 19.6 Å². The first-order chi connectivity index (χ1) is 15.8. The standard InChI is InChI=1S/C23H23ClN4O4S/c24-18-13-16(9-10-19(18)28-12-4-8-21(28)29)25-23(30)15-5-3-11-27(14-15)22-17-6-1-2-7-20(17)33(31,32)26-22/h1-2,6-7,9-10,13,15H,3-5,8,11-12,14H2,(H,25,30). The molecular weight excluding hydrogens is 464 g/mol. The van der Waals surface area contributed by atoms with Gasteiger partial charge in [-0.05, 0) is 49.6 Å². The largest absolute Gasteiger partial charge is 0.355 e. The topological polar surface area (TPSA) is 99.2 Å². The highest BCUT2D eigenvalue weighted by Gasteiger charge is 2.35. The average molecular weight is 487 g/mol. The molecule has 1 atom stereocenters. The Kier molecular flexibility index (Phi) is 5.62. The summed E-state index contributed by atoms with van der Waals surface area (Å²) in [7, 11) is -3.71. The number of halogens is 1. The molecule has 172 valence electrons. The van der Waals surface area contributed by atoms with Crippen LogP contribution in [-0.4, -0.2) is 50.6 Å². The summed E-state index contributed by atoms with van der Waals surface area (Å²) in [5.74, 6) is -0.0220. The number of benzene rings is 2. The molecule has 8 nitrogen and oxygen atoms in total. The van der Waals surface area contributed by atoms with Crippen LogP contribution in [0, 0.1) is 5.92 Å². The predicted molar refractivity (Wildman–Crippen MR) is 126 cm³/mol. The third-order valence-corrected chi connectivity index (χ3v) is 7.91. The van der Waals surface area contributed by atoms with Gasteiger partial charge in [0.05, 0.1) is 16.6 Å². The van der Waals surface area contributed by atoms with Gasteiger partial charge in [0.15, 0.2) is 5.84 Å². The number of anilines is 2. The number of nitrogens with zero attached hydrogens (tertiary/aromatic N) is 3. The number of carbonyl (C=O) groups is 2. The third-order valence-electron chi connectivity index (χ3n) is 6.28. The minimum absolute atomic E-state index is 0.0504. The summed E-state index contributed by atoms with van der Waals surface area (Å²) in [5.41, 5.74) is 1.79. The zero-order valence-corrected chi connectivity index (χ0v) is 19.4. The van der Waals surface area contributed by atoms with Gasteiger partial charge in [-0.1, -0.05) is 23.7 Å². The lowest BCUT2D eigenvalue weighted by molar-refractivity contribution is -0.121. The number of rotatable bonds is 3. The fourth-order valence-electron chi connectivity index (χ4n) is 4.65. The number of fused-ring (bicyclic) bond motifs is 1. The van der Waals surface area contributed by atoms with E-state index in [1.54, 1.807) is 47.4 Å². The van der Waals surface area contributed by atoms with Gasteiger partial charge in [0.25, 0.3) is 10.0 Å². The minimum Gasteiger partial charge on any atom is -0.355 e. The molecule has 0 radical (unpaired) electrons. The van der Waals surface area contributed by atoms with Gasteiger partial charge >= 0.3 is 0 Å².